The van der Waals surface area contributed by atoms with Crippen LogP contribution < -0.4 is 5.32 Å². The summed E-state index contributed by atoms with van der Waals surface area (Å²) in [4.78, 5) is 4.31. The fourth-order valence-electron chi connectivity index (χ4n) is 2.28. The van der Waals surface area contributed by atoms with E-state index in [2.05, 4.69) is 30.2 Å². The minimum absolute atomic E-state index is 0.387. The second-order valence-electron chi connectivity index (χ2n) is 5.16. The van der Waals surface area contributed by atoms with E-state index in [4.69, 9.17) is 4.74 Å². The van der Waals surface area contributed by atoms with Gasteiger partial charge in [-0.1, -0.05) is 13.8 Å². The summed E-state index contributed by atoms with van der Waals surface area (Å²) in [6.45, 7) is 7.35. The van der Waals surface area contributed by atoms with Crippen LogP contribution in [-0.2, 0) is 4.74 Å². The normalized spacial score (nSPS) is 24.9. The summed E-state index contributed by atoms with van der Waals surface area (Å²) >= 11 is 0. The number of rotatable bonds is 3. The third-order valence-corrected chi connectivity index (χ3v) is 3.43. The Morgan fingerprint density at radius 2 is 2.29 bits per heavy atom. The quantitative estimate of drug-likeness (QED) is 0.873. The summed E-state index contributed by atoms with van der Waals surface area (Å²) in [5, 5.41) is 3.59. The number of hydrogen-bond acceptors (Lipinski definition) is 3. The van der Waals surface area contributed by atoms with Crippen molar-refractivity contribution >= 4 is 5.69 Å². The van der Waals surface area contributed by atoms with Crippen LogP contribution in [0.25, 0.3) is 0 Å². The van der Waals surface area contributed by atoms with Crippen molar-refractivity contribution in [1.29, 1.82) is 0 Å². The molecule has 3 heteroatoms. The number of pyridine rings is 1. The van der Waals surface area contributed by atoms with Gasteiger partial charge in [0.05, 0.1) is 17.5 Å². The molecular formula is C14H22N2O. The molecule has 2 atom stereocenters. The van der Waals surface area contributed by atoms with E-state index in [0.717, 1.165) is 30.8 Å². The zero-order chi connectivity index (χ0) is 12.3. The van der Waals surface area contributed by atoms with Crippen LogP contribution in [0.2, 0.25) is 0 Å². The van der Waals surface area contributed by atoms with E-state index in [-0.39, 0.29) is 0 Å². The van der Waals surface area contributed by atoms with Gasteiger partial charge in [-0.2, -0.15) is 0 Å². The Morgan fingerprint density at radius 3 is 3.00 bits per heavy atom. The number of hydrogen-bond donors (Lipinski definition) is 1. The molecule has 2 heterocycles. The van der Waals surface area contributed by atoms with Gasteiger partial charge in [-0.05, 0) is 37.8 Å². The third-order valence-electron chi connectivity index (χ3n) is 3.43. The summed E-state index contributed by atoms with van der Waals surface area (Å²) in [5.41, 5.74) is 2.22. The highest BCUT2D eigenvalue weighted by molar-refractivity contribution is 5.47. The lowest BCUT2D eigenvalue weighted by molar-refractivity contribution is -0.0160. The van der Waals surface area contributed by atoms with Gasteiger partial charge >= 0.3 is 0 Å². The first-order chi connectivity index (χ1) is 8.16. The van der Waals surface area contributed by atoms with Gasteiger partial charge in [0.15, 0.2) is 0 Å². The number of aromatic nitrogens is 1. The highest BCUT2D eigenvalue weighted by Crippen LogP contribution is 2.23. The van der Waals surface area contributed by atoms with Crippen molar-refractivity contribution in [3.05, 3.63) is 24.0 Å². The van der Waals surface area contributed by atoms with Crippen LogP contribution in [0.4, 0.5) is 5.69 Å². The monoisotopic (exact) mass is 234 g/mol. The summed E-state index contributed by atoms with van der Waals surface area (Å²) in [5.74, 6) is 0.592. The van der Waals surface area contributed by atoms with E-state index >= 15 is 0 Å². The third kappa shape index (κ3) is 3.19. The number of aryl methyl sites for hydroxylation is 1. The highest BCUT2D eigenvalue weighted by atomic mass is 16.5. The molecule has 1 N–H and O–H groups in total. The van der Waals surface area contributed by atoms with E-state index in [9.17, 15) is 0 Å². The number of nitrogens with one attached hydrogen (secondary N) is 1. The predicted molar refractivity (Wildman–Crippen MR) is 70.2 cm³/mol. The maximum absolute atomic E-state index is 5.78. The second-order valence-corrected chi connectivity index (χ2v) is 5.16. The lowest BCUT2D eigenvalue weighted by Gasteiger charge is -2.33. The molecule has 17 heavy (non-hydrogen) atoms. The molecule has 3 nitrogen and oxygen atoms in total. The topological polar surface area (TPSA) is 34.2 Å². The first-order valence-corrected chi connectivity index (χ1v) is 6.46. The summed E-state index contributed by atoms with van der Waals surface area (Å²) in [6.07, 6.45) is 4.39. The molecule has 1 aliphatic heterocycles. The van der Waals surface area contributed by atoms with Crippen LogP contribution >= 0.6 is 0 Å². The van der Waals surface area contributed by atoms with Crippen molar-refractivity contribution < 1.29 is 4.74 Å². The molecule has 1 aromatic rings. The molecule has 0 amide bonds. The zero-order valence-corrected chi connectivity index (χ0v) is 10.9. The summed E-state index contributed by atoms with van der Waals surface area (Å²) in [7, 11) is 0. The molecule has 1 aliphatic rings. The van der Waals surface area contributed by atoms with E-state index in [1.165, 1.54) is 0 Å². The molecule has 1 aromatic heterocycles. The summed E-state index contributed by atoms with van der Waals surface area (Å²) in [6, 6.07) is 4.59. The average Bonchev–Trinajstić information content (AvgIpc) is 2.32. The predicted octanol–water partition coefficient (Wildman–Crippen LogP) is 3.01. The molecule has 0 spiro atoms. The molecule has 0 saturated carbocycles. The van der Waals surface area contributed by atoms with Crippen molar-refractivity contribution in [3.8, 4) is 0 Å². The van der Waals surface area contributed by atoms with Gasteiger partial charge < -0.3 is 10.1 Å². The Labute approximate surface area is 104 Å². The summed E-state index contributed by atoms with van der Waals surface area (Å²) < 4.78 is 5.78. The molecule has 0 aromatic carbocycles. The molecule has 1 fully saturated rings. The maximum Gasteiger partial charge on any atom is 0.0617 e. The number of nitrogens with zero attached hydrogens (tertiary/aromatic N) is 1. The smallest absolute Gasteiger partial charge is 0.0617 e. The van der Waals surface area contributed by atoms with E-state index < -0.39 is 0 Å². The second kappa shape index (κ2) is 5.50. The fraction of sp³-hybridized carbons (Fsp3) is 0.643. The van der Waals surface area contributed by atoms with Crippen LogP contribution in [0.1, 0.15) is 32.4 Å². The van der Waals surface area contributed by atoms with Gasteiger partial charge in [0.1, 0.15) is 0 Å². The Kier molecular flexibility index (Phi) is 4.00. The van der Waals surface area contributed by atoms with Gasteiger partial charge in [-0.15, -0.1) is 0 Å². The first kappa shape index (κ1) is 12.4. The van der Waals surface area contributed by atoms with Crippen molar-refractivity contribution in [3.63, 3.8) is 0 Å². The van der Waals surface area contributed by atoms with Crippen molar-refractivity contribution in [2.24, 2.45) is 5.92 Å². The SMILES string of the molecule is Cc1ncccc1NC1CCOC(C(C)C)C1. The Morgan fingerprint density at radius 1 is 1.47 bits per heavy atom. The van der Waals surface area contributed by atoms with Gasteiger partial charge in [0.25, 0.3) is 0 Å². The maximum atomic E-state index is 5.78. The minimum atomic E-state index is 0.387. The zero-order valence-electron chi connectivity index (χ0n) is 10.9. The van der Waals surface area contributed by atoms with Crippen LogP contribution in [0.5, 0.6) is 0 Å². The van der Waals surface area contributed by atoms with Gasteiger partial charge in [0, 0.05) is 18.8 Å². The van der Waals surface area contributed by atoms with Crippen LogP contribution in [-0.4, -0.2) is 23.7 Å². The van der Waals surface area contributed by atoms with Gasteiger partial charge in [-0.25, -0.2) is 0 Å². The van der Waals surface area contributed by atoms with Crippen LogP contribution in [0.3, 0.4) is 0 Å². The fourth-order valence-corrected chi connectivity index (χ4v) is 2.28. The van der Waals surface area contributed by atoms with Crippen molar-refractivity contribution in [2.45, 2.75) is 45.8 Å². The van der Waals surface area contributed by atoms with E-state index in [1.807, 2.05) is 19.2 Å². The van der Waals surface area contributed by atoms with Crippen molar-refractivity contribution in [1.82, 2.24) is 4.98 Å². The lowest BCUT2D eigenvalue weighted by Crippen LogP contribution is -2.36. The van der Waals surface area contributed by atoms with E-state index in [1.54, 1.807) is 0 Å². The van der Waals surface area contributed by atoms with Crippen molar-refractivity contribution in [2.75, 3.05) is 11.9 Å². The molecule has 0 bridgehead atoms. The van der Waals surface area contributed by atoms with E-state index in [0.29, 0.717) is 18.1 Å². The van der Waals surface area contributed by atoms with Gasteiger partial charge in [-0.3, -0.25) is 4.98 Å². The molecule has 94 valence electrons. The Bertz CT molecular complexity index is 365. The molecular weight excluding hydrogens is 212 g/mol. The number of ether oxygens (including phenoxy) is 1. The minimum Gasteiger partial charge on any atom is -0.381 e. The highest BCUT2D eigenvalue weighted by Gasteiger charge is 2.24. The van der Waals surface area contributed by atoms with Crippen LogP contribution in [0, 0.1) is 12.8 Å². The Balaban J connectivity index is 1.97. The van der Waals surface area contributed by atoms with Crippen LogP contribution in [0.15, 0.2) is 18.3 Å². The Hall–Kier alpha value is -1.09. The molecule has 2 rings (SSSR count). The molecule has 2 unspecified atom stereocenters. The molecule has 0 aliphatic carbocycles. The first-order valence-electron chi connectivity index (χ1n) is 6.46. The average molecular weight is 234 g/mol. The number of anilines is 1. The lowest BCUT2D eigenvalue weighted by atomic mass is 9.95. The largest absolute Gasteiger partial charge is 0.381 e. The van der Waals surface area contributed by atoms with Gasteiger partial charge in [0.2, 0.25) is 0 Å². The molecule has 1 saturated heterocycles. The standard InChI is InChI=1S/C14H22N2O/c1-10(2)14-9-12(6-8-17-14)16-13-5-4-7-15-11(13)3/h4-5,7,10,12,14,16H,6,8-9H2,1-3H3. The molecule has 0 radical (unpaired) electrons.